The van der Waals surface area contributed by atoms with Gasteiger partial charge in [0, 0.05) is 65.4 Å². The number of rotatable bonds is 5. The summed E-state index contributed by atoms with van der Waals surface area (Å²) < 4.78 is 0. The quantitative estimate of drug-likeness (QED) is 0.294. The van der Waals surface area contributed by atoms with Crippen LogP contribution in [0.1, 0.15) is 46.2 Å². The molecule has 0 bridgehead atoms. The van der Waals surface area contributed by atoms with Gasteiger partial charge in [-0.1, -0.05) is 0 Å². The summed E-state index contributed by atoms with van der Waals surface area (Å²) in [5.74, 6) is -0.523. The predicted octanol–water partition coefficient (Wildman–Crippen LogP) is 4.72. The highest BCUT2D eigenvalue weighted by Gasteiger charge is 2.35. The summed E-state index contributed by atoms with van der Waals surface area (Å²) in [6.45, 7) is 4.12. The van der Waals surface area contributed by atoms with Gasteiger partial charge in [-0.3, -0.25) is 14.4 Å². The topological polar surface area (TPSA) is 115 Å². The second kappa shape index (κ2) is 9.20. The zero-order valence-corrected chi connectivity index (χ0v) is 20.6. The molecule has 3 aromatic carbocycles. The Morgan fingerprint density at radius 3 is 2.64 bits per heavy atom. The van der Waals surface area contributed by atoms with Crippen molar-refractivity contribution in [3.05, 3.63) is 65.4 Å². The number of halogens is 1. The number of phenolic OH excluding ortho intramolecular Hbond substituents is 1. The molecule has 1 unspecified atom stereocenters. The first-order valence-corrected chi connectivity index (χ1v) is 12.2. The van der Waals surface area contributed by atoms with E-state index in [9.17, 15) is 19.5 Å². The number of carbonyl (C=O) groups is 3. The number of fused-ring (bicyclic) bond motifs is 4. The van der Waals surface area contributed by atoms with Crippen LogP contribution in [0.25, 0.3) is 21.7 Å². The lowest BCUT2D eigenvalue weighted by Crippen LogP contribution is -2.30. The van der Waals surface area contributed by atoms with E-state index in [1.54, 1.807) is 53.4 Å². The van der Waals surface area contributed by atoms with Crippen LogP contribution in [-0.2, 0) is 4.79 Å². The van der Waals surface area contributed by atoms with Crippen molar-refractivity contribution >= 4 is 62.4 Å². The van der Waals surface area contributed by atoms with Crippen molar-refractivity contribution in [1.29, 1.82) is 0 Å². The van der Waals surface area contributed by atoms with Crippen LogP contribution in [0.4, 0.5) is 11.4 Å². The number of benzene rings is 3. The molecule has 1 aromatic heterocycles. The first-order valence-electron chi connectivity index (χ1n) is 11.7. The third-order valence-corrected chi connectivity index (χ3v) is 6.81. The van der Waals surface area contributed by atoms with Gasteiger partial charge in [0.15, 0.2) is 0 Å². The maximum atomic E-state index is 13.6. The maximum Gasteiger partial charge on any atom is 0.274 e. The molecule has 0 saturated carbocycles. The molecule has 1 aliphatic heterocycles. The van der Waals surface area contributed by atoms with Crippen LogP contribution in [0.5, 0.6) is 5.75 Å². The second-order valence-electron chi connectivity index (χ2n) is 8.88. The SMILES string of the molecule is CCNC(=O)c1ccc2c(O)cc3c(c2c1)C(CCl)CN3C(=O)c1cc2cc(NC(C)=O)ccc2[nH]1. The van der Waals surface area contributed by atoms with Crippen molar-refractivity contribution in [1.82, 2.24) is 10.3 Å². The molecule has 8 nitrogen and oxygen atoms in total. The van der Waals surface area contributed by atoms with E-state index in [2.05, 4.69) is 15.6 Å². The largest absolute Gasteiger partial charge is 0.507 e. The first kappa shape index (κ1) is 23.7. The minimum Gasteiger partial charge on any atom is -0.507 e. The molecule has 0 spiro atoms. The van der Waals surface area contributed by atoms with E-state index in [0.717, 1.165) is 16.5 Å². The Balaban J connectivity index is 1.58. The highest BCUT2D eigenvalue weighted by Crippen LogP contribution is 2.46. The van der Waals surface area contributed by atoms with E-state index < -0.39 is 0 Å². The lowest BCUT2D eigenvalue weighted by Gasteiger charge is -2.18. The summed E-state index contributed by atoms with van der Waals surface area (Å²) in [5, 5.41) is 18.4. The molecule has 1 aliphatic rings. The Morgan fingerprint density at radius 2 is 1.92 bits per heavy atom. The van der Waals surface area contributed by atoms with Crippen LogP contribution in [0.15, 0.2) is 48.5 Å². The molecule has 36 heavy (non-hydrogen) atoms. The normalized spacial score (nSPS) is 14.8. The highest BCUT2D eigenvalue weighted by molar-refractivity contribution is 6.19. The van der Waals surface area contributed by atoms with Crippen molar-refractivity contribution in [2.45, 2.75) is 19.8 Å². The summed E-state index contributed by atoms with van der Waals surface area (Å²) in [6.07, 6.45) is 0. The number of nitrogens with one attached hydrogen (secondary N) is 3. The second-order valence-corrected chi connectivity index (χ2v) is 9.19. The van der Waals surface area contributed by atoms with Gasteiger partial charge in [0.25, 0.3) is 11.8 Å². The molecule has 4 N–H and O–H groups in total. The zero-order chi connectivity index (χ0) is 25.6. The Morgan fingerprint density at radius 1 is 1.11 bits per heavy atom. The Hall–Kier alpha value is -4.04. The average molecular weight is 505 g/mol. The smallest absolute Gasteiger partial charge is 0.274 e. The van der Waals surface area contributed by atoms with Gasteiger partial charge in [0.05, 0.1) is 5.69 Å². The molecule has 0 fully saturated rings. The molecular weight excluding hydrogens is 480 g/mol. The number of nitrogens with zero attached hydrogens (tertiary/aromatic N) is 1. The van der Waals surface area contributed by atoms with Gasteiger partial charge in [-0.05, 0) is 60.3 Å². The summed E-state index contributed by atoms with van der Waals surface area (Å²) in [7, 11) is 0. The Kier molecular flexibility index (Phi) is 6.05. The molecule has 5 rings (SSSR count). The van der Waals surface area contributed by atoms with Crippen LogP contribution in [-0.4, -0.2) is 46.8 Å². The van der Waals surface area contributed by atoms with E-state index in [1.807, 2.05) is 6.92 Å². The van der Waals surface area contributed by atoms with Gasteiger partial charge in [-0.15, -0.1) is 11.6 Å². The van der Waals surface area contributed by atoms with Gasteiger partial charge in [0.2, 0.25) is 5.91 Å². The Labute approximate surface area is 212 Å². The third-order valence-electron chi connectivity index (χ3n) is 6.44. The summed E-state index contributed by atoms with van der Waals surface area (Å²) >= 11 is 6.34. The molecule has 1 atom stereocenters. The number of anilines is 2. The van der Waals surface area contributed by atoms with Gasteiger partial charge >= 0.3 is 0 Å². The van der Waals surface area contributed by atoms with Crippen molar-refractivity contribution < 1.29 is 19.5 Å². The number of carbonyl (C=O) groups excluding carboxylic acids is 3. The molecule has 0 aliphatic carbocycles. The zero-order valence-electron chi connectivity index (χ0n) is 19.8. The van der Waals surface area contributed by atoms with E-state index in [0.29, 0.717) is 46.5 Å². The minimum atomic E-state index is -0.264. The van der Waals surface area contributed by atoms with Crippen molar-refractivity contribution in [3.8, 4) is 5.75 Å². The third kappa shape index (κ3) is 4.03. The van der Waals surface area contributed by atoms with Crippen LogP contribution in [0.3, 0.4) is 0 Å². The molecule has 9 heteroatoms. The molecule has 0 radical (unpaired) electrons. The number of hydrogen-bond acceptors (Lipinski definition) is 4. The van der Waals surface area contributed by atoms with Crippen molar-refractivity contribution in [2.24, 2.45) is 0 Å². The lowest BCUT2D eigenvalue weighted by atomic mass is 9.94. The first-order chi connectivity index (χ1) is 17.3. The number of phenols is 1. The van der Waals surface area contributed by atoms with Crippen molar-refractivity contribution in [3.63, 3.8) is 0 Å². The standard InChI is InChI=1S/C27H25ClN4O4/c1-3-29-26(35)15-4-6-19-20(9-15)25-17(12-28)13-32(23(25)11-24(19)34)27(36)22-10-16-8-18(30-14(2)33)5-7-21(16)31-22/h4-11,17,31,34H,3,12-13H2,1-2H3,(H,29,35)(H,30,33). The number of alkyl halides is 1. The molecule has 3 amide bonds. The van der Waals surface area contributed by atoms with Crippen LogP contribution < -0.4 is 15.5 Å². The van der Waals surface area contributed by atoms with E-state index in [-0.39, 0.29) is 35.3 Å². The fraction of sp³-hybridized carbons (Fsp3) is 0.222. The monoisotopic (exact) mass is 504 g/mol. The highest BCUT2D eigenvalue weighted by atomic mass is 35.5. The predicted molar refractivity (Wildman–Crippen MR) is 141 cm³/mol. The fourth-order valence-corrected chi connectivity index (χ4v) is 5.12. The van der Waals surface area contributed by atoms with E-state index in [4.69, 9.17) is 11.6 Å². The number of aromatic amines is 1. The number of aromatic hydroxyl groups is 1. The van der Waals surface area contributed by atoms with E-state index >= 15 is 0 Å². The molecular formula is C27H25ClN4O4. The number of amides is 3. The summed E-state index contributed by atoms with van der Waals surface area (Å²) in [4.78, 5) is 42.3. The fourth-order valence-electron chi connectivity index (χ4n) is 4.87. The maximum absolute atomic E-state index is 13.6. The van der Waals surface area contributed by atoms with Gasteiger partial charge in [-0.2, -0.15) is 0 Å². The van der Waals surface area contributed by atoms with Gasteiger partial charge < -0.3 is 25.6 Å². The minimum absolute atomic E-state index is 0.0239. The van der Waals surface area contributed by atoms with Gasteiger partial charge in [0.1, 0.15) is 11.4 Å². The van der Waals surface area contributed by atoms with Crippen LogP contribution in [0, 0.1) is 0 Å². The van der Waals surface area contributed by atoms with E-state index in [1.165, 1.54) is 6.92 Å². The molecule has 4 aromatic rings. The number of aromatic nitrogens is 1. The number of H-pyrrole nitrogens is 1. The number of hydrogen-bond donors (Lipinski definition) is 4. The summed E-state index contributed by atoms with van der Waals surface area (Å²) in [5.41, 5.74) is 3.65. The van der Waals surface area contributed by atoms with Crippen LogP contribution >= 0.6 is 11.6 Å². The van der Waals surface area contributed by atoms with Crippen LogP contribution in [0.2, 0.25) is 0 Å². The van der Waals surface area contributed by atoms with Gasteiger partial charge in [-0.25, -0.2) is 0 Å². The Bertz CT molecular complexity index is 1540. The summed E-state index contributed by atoms with van der Waals surface area (Å²) in [6, 6.07) is 13.8. The molecule has 184 valence electrons. The average Bonchev–Trinajstić information content (AvgIpc) is 3.44. The molecule has 2 heterocycles. The lowest BCUT2D eigenvalue weighted by molar-refractivity contribution is -0.114. The van der Waals surface area contributed by atoms with Crippen molar-refractivity contribution in [2.75, 3.05) is 29.2 Å². The molecule has 0 saturated heterocycles.